The summed E-state index contributed by atoms with van der Waals surface area (Å²) >= 11 is 13.3. The fourth-order valence-electron chi connectivity index (χ4n) is 1.82. The second-order valence-corrected chi connectivity index (χ2v) is 6.44. The zero-order chi connectivity index (χ0) is 15.4. The molecule has 0 spiro atoms. The molecule has 1 aromatic heterocycles. The number of nitrogens with zero attached hydrogens (tertiary/aromatic N) is 1. The van der Waals surface area contributed by atoms with Crippen LogP contribution >= 0.6 is 34.5 Å². The van der Waals surface area contributed by atoms with E-state index in [4.69, 9.17) is 23.2 Å². The van der Waals surface area contributed by atoms with Crippen LogP contribution in [0.5, 0.6) is 0 Å². The van der Waals surface area contributed by atoms with Gasteiger partial charge in [0.2, 0.25) is 0 Å². The van der Waals surface area contributed by atoms with E-state index in [9.17, 15) is 9.90 Å². The molecule has 2 N–H and O–H groups in total. The van der Waals surface area contributed by atoms with Crippen molar-refractivity contribution < 1.29 is 9.90 Å². The third-order valence-electron chi connectivity index (χ3n) is 2.80. The molecule has 2 aromatic rings. The van der Waals surface area contributed by atoms with Crippen LogP contribution < -0.4 is 5.32 Å². The molecule has 0 saturated heterocycles. The van der Waals surface area contributed by atoms with Crippen molar-refractivity contribution in [2.75, 3.05) is 6.54 Å². The number of aryl methyl sites for hydroxylation is 1. The standard InChI is InChI=1S/C14H14Cl2N2O2S/c1-8-18-12(7-21-8)2-3-17-14(20)13(19)9-4-10(15)6-11(16)5-9/h4-7,13,19H,2-3H2,1H3,(H,17,20). The van der Waals surface area contributed by atoms with Crippen LogP contribution in [0, 0.1) is 6.92 Å². The number of nitrogens with one attached hydrogen (secondary N) is 1. The van der Waals surface area contributed by atoms with Gasteiger partial charge in [-0.1, -0.05) is 23.2 Å². The van der Waals surface area contributed by atoms with Crippen molar-refractivity contribution in [1.29, 1.82) is 0 Å². The Morgan fingerprint density at radius 1 is 1.38 bits per heavy atom. The molecule has 0 aliphatic carbocycles. The zero-order valence-corrected chi connectivity index (χ0v) is 13.6. The molecule has 21 heavy (non-hydrogen) atoms. The maximum absolute atomic E-state index is 11.9. The van der Waals surface area contributed by atoms with E-state index in [1.165, 1.54) is 12.1 Å². The fourth-order valence-corrected chi connectivity index (χ4v) is 3.01. The number of aromatic nitrogens is 1. The van der Waals surface area contributed by atoms with Gasteiger partial charge in [-0.15, -0.1) is 11.3 Å². The highest BCUT2D eigenvalue weighted by atomic mass is 35.5. The third kappa shape index (κ3) is 4.68. The van der Waals surface area contributed by atoms with Crippen molar-refractivity contribution in [2.24, 2.45) is 0 Å². The number of benzene rings is 1. The molecule has 0 fully saturated rings. The number of amides is 1. The Morgan fingerprint density at radius 2 is 2.05 bits per heavy atom. The average Bonchev–Trinajstić information content (AvgIpc) is 2.82. The first kappa shape index (κ1) is 16.2. The van der Waals surface area contributed by atoms with Gasteiger partial charge >= 0.3 is 0 Å². The lowest BCUT2D eigenvalue weighted by atomic mass is 10.1. The smallest absolute Gasteiger partial charge is 0.253 e. The molecule has 0 saturated carbocycles. The van der Waals surface area contributed by atoms with Crippen molar-refractivity contribution in [3.8, 4) is 0 Å². The number of aliphatic hydroxyl groups is 1. The molecule has 1 heterocycles. The Morgan fingerprint density at radius 3 is 2.62 bits per heavy atom. The first-order valence-electron chi connectivity index (χ1n) is 6.28. The predicted molar refractivity (Wildman–Crippen MR) is 85.0 cm³/mol. The van der Waals surface area contributed by atoms with Crippen molar-refractivity contribution in [1.82, 2.24) is 10.3 Å². The van der Waals surface area contributed by atoms with Gasteiger partial charge in [-0.05, 0) is 30.7 Å². The molecule has 1 amide bonds. The van der Waals surface area contributed by atoms with E-state index < -0.39 is 12.0 Å². The zero-order valence-electron chi connectivity index (χ0n) is 11.3. The Balaban J connectivity index is 1.90. The summed E-state index contributed by atoms with van der Waals surface area (Å²) in [5.74, 6) is -0.486. The maximum atomic E-state index is 11.9. The van der Waals surface area contributed by atoms with E-state index in [0.29, 0.717) is 28.6 Å². The van der Waals surface area contributed by atoms with Crippen LogP contribution in [0.25, 0.3) is 0 Å². The second kappa shape index (κ2) is 7.22. The summed E-state index contributed by atoms with van der Waals surface area (Å²) < 4.78 is 0. The summed E-state index contributed by atoms with van der Waals surface area (Å²) in [5.41, 5.74) is 1.30. The lowest BCUT2D eigenvalue weighted by molar-refractivity contribution is -0.129. The molecule has 1 aromatic carbocycles. The van der Waals surface area contributed by atoms with Crippen LogP contribution in [-0.4, -0.2) is 22.5 Å². The highest BCUT2D eigenvalue weighted by Gasteiger charge is 2.18. The molecule has 7 heteroatoms. The number of aliphatic hydroxyl groups excluding tert-OH is 1. The van der Waals surface area contributed by atoms with E-state index in [-0.39, 0.29) is 0 Å². The summed E-state index contributed by atoms with van der Waals surface area (Å²) in [6.45, 7) is 2.34. The van der Waals surface area contributed by atoms with E-state index in [1.54, 1.807) is 17.4 Å². The third-order valence-corrected chi connectivity index (χ3v) is 4.05. The van der Waals surface area contributed by atoms with Gasteiger partial charge in [0.05, 0.1) is 10.7 Å². The van der Waals surface area contributed by atoms with Crippen LogP contribution in [-0.2, 0) is 11.2 Å². The summed E-state index contributed by atoms with van der Waals surface area (Å²) in [4.78, 5) is 16.2. The molecule has 112 valence electrons. The van der Waals surface area contributed by atoms with Gasteiger partial charge in [0, 0.05) is 28.4 Å². The van der Waals surface area contributed by atoms with Crippen LogP contribution in [0.1, 0.15) is 22.4 Å². The molecule has 2 rings (SSSR count). The molecular formula is C14H14Cl2N2O2S. The minimum atomic E-state index is -1.29. The molecule has 0 radical (unpaired) electrons. The van der Waals surface area contributed by atoms with Crippen LogP contribution in [0.3, 0.4) is 0 Å². The van der Waals surface area contributed by atoms with Gasteiger partial charge < -0.3 is 10.4 Å². The van der Waals surface area contributed by atoms with Gasteiger partial charge in [0.25, 0.3) is 5.91 Å². The minimum absolute atomic E-state index is 0.370. The SMILES string of the molecule is Cc1nc(CCNC(=O)C(O)c2cc(Cl)cc(Cl)c2)cs1. The topological polar surface area (TPSA) is 62.2 Å². The molecule has 1 atom stereocenters. The summed E-state index contributed by atoms with van der Waals surface area (Å²) in [6, 6.07) is 4.57. The molecule has 4 nitrogen and oxygen atoms in total. The largest absolute Gasteiger partial charge is 0.378 e. The Hall–Kier alpha value is -1.14. The maximum Gasteiger partial charge on any atom is 0.253 e. The van der Waals surface area contributed by atoms with Crippen molar-refractivity contribution >= 4 is 40.4 Å². The number of thiazole rings is 1. The second-order valence-electron chi connectivity index (χ2n) is 4.50. The average molecular weight is 345 g/mol. The Kier molecular flexibility index (Phi) is 5.58. The Bertz CT molecular complexity index is 625. The normalized spacial score (nSPS) is 12.2. The molecule has 0 aliphatic heterocycles. The molecule has 1 unspecified atom stereocenters. The fraction of sp³-hybridized carbons (Fsp3) is 0.286. The van der Waals surface area contributed by atoms with E-state index in [2.05, 4.69) is 10.3 Å². The predicted octanol–water partition coefficient (Wildman–Crippen LogP) is 3.15. The summed E-state index contributed by atoms with van der Waals surface area (Å²) in [6.07, 6.45) is -0.669. The van der Waals surface area contributed by atoms with Crippen LogP contribution in [0.2, 0.25) is 10.0 Å². The first-order valence-corrected chi connectivity index (χ1v) is 7.92. The molecule has 0 aliphatic rings. The van der Waals surface area contributed by atoms with Crippen molar-refractivity contribution in [3.05, 3.63) is 49.9 Å². The van der Waals surface area contributed by atoms with E-state index in [1.807, 2.05) is 12.3 Å². The Labute approximate surface area is 136 Å². The quantitative estimate of drug-likeness (QED) is 0.875. The molecular weight excluding hydrogens is 331 g/mol. The first-order chi connectivity index (χ1) is 9.95. The van der Waals surface area contributed by atoms with Crippen LogP contribution in [0.4, 0.5) is 0 Å². The number of carbonyl (C=O) groups is 1. The van der Waals surface area contributed by atoms with E-state index in [0.717, 1.165) is 10.7 Å². The monoisotopic (exact) mass is 344 g/mol. The number of carbonyl (C=O) groups excluding carboxylic acids is 1. The summed E-state index contributed by atoms with van der Waals surface area (Å²) in [7, 11) is 0. The number of rotatable bonds is 5. The van der Waals surface area contributed by atoms with Gasteiger partial charge in [-0.25, -0.2) is 4.98 Å². The lowest BCUT2D eigenvalue weighted by Crippen LogP contribution is -2.31. The van der Waals surface area contributed by atoms with Gasteiger partial charge in [0.1, 0.15) is 0 Å². The lowest BCUT2D eigenvalue weighted by Gasteiger charge is -2.12. The van der Waals surface area contributed by atoms with Crippen molar-refractivity contribution in [2.45, 2.75) is 19.4 Å². The van der Waals surface area contributed by atoms with E-state index >= 15 is 0 Å². The highest BCUT2D eigenvalue weighted by Crippen LogP contribution is 2.23. The van der Waals surface area contributed by atoms with Gasteiger partial charge in [-0.3, -0.25) is 4.79 Å². The van der Waals surface area contributed by atoms with Gasteiger partial charge in [0.15, 0.2) is 6.10 Å². The number of hydrogen-bond donors (Lipinski definition) is 2. The minimum Gasteiger partial charge on any atom is -0.378 e. The molecule has 0 bridgehead atoms. The van der Waals surface area contributed by atoms with Crippen LogP contribution in [0.15, 0.2) is 23.6 Å². The highest BCUT2D eigenvalue weighted by molar-refractivity contribution is 7.09. The van der Waals surface area contributed by atoms with Gasteiger partial charge in [-0.2, -0.15) is 0 Å². The number of halogens is 2. The van der Waals surface area contributed by atoms with Crippen molar-refractivity contribution in [3.63, 3.8) is 0 Å². The summed E-state index contributed by atoms with van der Waals surface area (Å²) in [5, 5.41) is 16.4. The number of hydrogen-bond acceptors (Lipinski definition) is 4.